The molecule has 236 valence electrons. The molecule has 0 N–H and O–H groups in total. The lowest BCUT2D eigenvalue weighted by Gasteiger charge is -2.43. The number of hydrogen-bond donors (Lipinski definition) is 0. The highest BCUT2D eigenvalue weighted by atomic mass is 32.2. The minimum Gasteiger partial charge on any atom is -0.0894 e. The van der Waals surface area contributed by atoms with Crippen LogP contribution in [0.2, 0.25) is 0 Å². The van der Waals surface area contributed by atoms with E-state index in [9.17, 15) is 0 Å². The Hall–Kier alpha value is -5.63. The molecule has 0 amide bonds. The van der Waals surface area contributed by atoms with Gasteiger partial charge in [-0.25, -0.2) is 0 Å². The Bertz CT molecular complexity index is 2640. The molecule has 1 heterocycles. The molecule has 0 saturated carbocycles. The van der Waals surface area contributed by atoms with E-state index < -0.39 is 0 Å². The highest BCUT2D eigenvalue weighted by Crippen LogP contribution is 2.56. The summed E-state index contributed by atoms with van der Waals surface area (Å²) in [5, 5.41) is 10.5. The summed E-state index contributed by atoms with van der Waals surface area (Å²) in [7, 11) is 0. The van der Waals surface area contributed by atoms with Gasteiger partial charge in [0.2, 0.25) is 0 Å². The Morgan fingerprint density at radius 1 is 0.340 bits per heavy atom. The van der Waals surface area contributed by atoms with Crippen molar-refractivity contribution in [2.24, 2.45) is 0 Å². The van der Waals surface area contributed by atoms with E-state index in [2.05, 4.69) is 182 Å². The summed E-state index contributed by atoms with van der Waals surface area (Å²) in [6.07, 6.45) is 1.81. The molecule has 0 aromatic heterocycles. The average molecular weight is 655 g/mol. The van der Waals surface area contributed by atoms with Gasteiger partial charge in [-0.2, -0.15) is 0 Å². The molecule has 50 heavy (non-hydrogen) atoms. The highest BCUT2D eigenvalue weighted by molar-refractivity contribution is 7.99. The van der Waals surface area contributed by atoms with Gasteiger partial charge in [0.1, 0.15) is 0 Å². The fourth-order valence-corrected chi connectivity index (χ4v) is 9.94. The molecule has 0 saturated heterocycles. The first-order chi connectivity index (χ1) is 24.7. The summed E-state index contributed by atoms with van der Waals surface area (Å²) in [5.41, 5.74) is 7.83. The number of hydrogen-bond acceptors (Lipinski definition) is 1. The molecular formula is C49H34S. The largest absolute Gasteiger partial charge is 0.0894 e. The predicted molar refractivity (Wildman–Crippen MR) is 214 cm³/mol. The van der Waals surface area contributed by atoms with Gasteiger partial charge in [-0.3, -0.25) is 0 Å². The minimum atomic E-state index is -0.287. The molecule has 9 aromatic carbocycles. The zero-order chi connectivity index (χ0) is 33.1. The monoisotopic (exact) mass is 654 g/mol. The zero-order valence-electron chi connectivity index (χ0n) is 27.6. The molecule has 0 bridgehead atoms. The van der Waals surface area contributed by atoms with Gasteiger partial charge in [-0.05, 0) is 108 Å². The maximum Gasteiger partial charge on any atom is 0.0318 e. The molecule has 0 fully saturated rings. The van der Waals surface area contributed by atoms with Gasteiger partial charge in [0.05, 0.1) is 0 Å². The van der Waals surface area contributed by atoms with Crippen LogP contribution in [0.3, 0.4) is 0 Å². The molecule has 0 nitrogen and oxygen atoms in total. The van der Waals surface area contributed by atoms with Gasteiger partial charge in [0, 0.05) is 15.2 Å². The first kappa shape index (κ1) is 29.3. The first-order valence-corrected chi connectivity index (χ1v) is 18.3. The van der Waals surface area contributed by atoms with Crippen molar-refractivity contribution >= 4 is 54.9 Å². The second-order valence-corrected chi connectivity index (χ2v) is 14.8. The lowest BCUT2D eigenvalue weighted by Crippen LogP contribution is -2.36. The zero-order valence-corrected chi connectivity index (χ0v) is 28.5. The number of fused-ring (bicyclic) bond motifs is 9. The van der Waals surface area contributed by atoms with Crippen LogP contribution in [-0.2, 0) is 18.3 Å². The SMILES string of the molecule is c1ccc(CC2(Cc3ccc(-c4ccc5c(ccc6ccccc65)c4)cc3)c3c(ccc4ccccc34)Sc3ccc4ccccc4c32)cc1. The number of benzene rings is 9. The van der Waals surface area contributed by atoms with Crippen LogP contribution in [0, 0.1) is 0 Å². The summed E-state index contributed by atoms with van der Waals surface area (Å²) in [6, 6.07) is 68.0. The molecule has 1 heteroatoms. The predicted octanol–water partition coefficient (Wildman–Crippen LogP) is 13.2. The third-order valence-electron chi connectivity index (χ3n) is 10.8. The van der Waals surface area contributed by atoms with Crippen molar-refractivity contribution in [1.82, 2.24) is 0 Å². The molecule has 0 unspecified atom stereocenters. The van der Waals surface area contributed by atoms with Gasteiger partial charge >= 0.3 is 0 Å². The minimum absolute atomic E-state index is 0.287. The normalized spacial score (nSPS) is 13.4. The van der Waals surface area contributed by atoms with Crippen molar-refractivity contribution in [2.45, 2.75) is 28.0 Å². The lowest BCUT2D eigenvalue weighted by atomic mass is 9.64. The van der Waals surface area contributed by atoms with Crippen molar-refractivity contribution in [3.63, 3.8) is 0 Å². The summed E-state index contributed by atoms with van der Waals surface area (Å²) in [5.74, 6) is 0. The van der Waals surface area contributed by atoms with Crippen LogP contribution in [0.5, 0.6) is 0 Å². The van der Waals surface area contributed by atoms with Crippen LogP contribution < -0.4 is 0 Å². The van der Waals surface area contributed by atoms with Gasteiger partial charge in [-0.1, -0.05) is 176 Å². The first-order valence-electron chi connectivity index (χ1n) is 17.5. The van der Waals surface area contributed by atoms with Crippen LogP contribution in [0.4, 0.5) is 0 Å². The smallest absolute Gasteiger partial charge is 0.0318 e. The fourth-order valence-electron chi connectivity index (χ4n) is 8.62. The van der Waals surface area contributed by atoms with Gasteiger partial charge in [0.25, 0.3) is 0 Å². The third-order valence-corrected chi connectivity index (χ3v) is 12.0. The molecule has 1 aliphatic heterocycles. The lowest BCUT2D eigenvalue weighted by molar-refractivity contribution is 0.494. The average Bonchev–Trinajstić information content (AvgIpc) is 3.18. The van der Waals surface area contributed by atoms with Crippen LogP contribution in [0.25, 0.3) is 54.2 Å². The van der Waals surface area contributed by atoms with Crippen LogP contribution >= 0.6 is 11.8 Å². The van der Waals surface area contributed by atoms with Crippen molar-refractivity contribution in [2.75, 3.05) is 0 Å². The quantitative estimate of drug-likeness (QED) is 0.166. The molecule has 0 radical (unpaired) electrons. The number of rotatable bonds is 5. The van der Waals surface area contributed by atoms with E-state index in [1.54, 1.807) is 0 Å². The van der Waals surface area contributed by atoms with Crippen molar-refractivity contribution in [1.29, 1.82) is 0 Å². The molecule has 0 spiro atoms. The van der Waals surface area contributed by atoms with E-state index in [4.69, 9.17) is 0 Å². The van der Waals surface area contributed by atoms with E-state index in [1.807, 2.05) is 11.8 Å². The van der Waals surface area contributed by atoms with Crippen molar-refractivity contribution < 1.29 is 0 Å². The Morgan fingerprint density at radius 2 is 0.800 bits per heavy atom. The standard InChI is InChI=1S/C49H34S/c1-2-10-33(11-3-1)31-49(32-34-18-20-35(21-19-34)39-24-27-42-40(30-39)23-22-36-12-4-7-15-41(36)42)47-43-16-8-5-13-37(43)25-28-45(47)50-46-29-26-38-14-6-9-17-44(38)48(46)49/h1-30H,31-32H2. The van der Waals surface area contributed by atoms with E-state index in [0.29, 0.717) is 0 Å². The molecule has 0 atom stereocenters. The summed E-state index contributed by atoms with van der Waals surface area (Å²) in [4.78, 5) is 2.73. The summed E-state index contributed by atoms with van der Waals surface area (Å²) < 4.78 is 0. The molecule has 1 aliphatic rings. The molecule has 9 aromatic rings. The maximum absolute atomic E-state index is 2.38. The molecule has 0 aliphatic carbocycles. The van der Waals surface area contributed by atoms with E-state index >= 15 is 0 Å². The van der Waals surface area contributed by atoms with Crippen LogP contribution in [0.1, 0.15) is 22.3 Å². The third kappa shape index (κ3) is 4.76. The highest BCUT2D eigenvalue weighted by Gasteiger charge is 2.43. The van der Waals surface area contributed by atoms with Gasteiger partial charge < -0.3 is 0 Å². The van der Waals surface area contributed by atoms with E-state index in [-0.39, 0.29) is 5.41 Å². The second kappa shape index (κ2) is 11.8. The van der Waals surface area contributed by atoms with E-state index in [1.165, 1.54) is 86.3 Å². The fraction of sp³-hybridized carbons (Fsp3) is 0.0612. The second-order valence-electron chi connectivity index (χ2n) is 13.8. The van der Waals surface area contributed by atoms with Crippen LogP contribution in [0.15, 0.2) is 192 Å². The van der Waals surface area contributed by atoms with Gasteiger partial charge in [0.15, 0.2) is 0 Å². The van der Waals surface area contributed by atoms with Crippen LogP contribution in [-0.4, -0.2) is 0 Å². The Labute approximate surface area is 297 Å². The Morgan fingerprint density at radius 3 is 1.44 bits per heavy atom. The van der Waals surface area contributed by atoms with Crippen molar-refractivity contribution in [3.8, 4) is 11.1 Å². The maximum atomic E-state index is 2.38. The van der Waals surface area contributed by atoms with E-state index in [0.717, 1.165) is 12.8 Å². The summed E-state index contributed by atoms with van der Waals surface area (Å²) in [6.45, 7) is 0. The Kier molecular flexibility index (Phi) is 6.89. The van der Waals surface area contributed by atoms with Gasteiger partial charge in [-0.15, -0.1) is 0 Å². The topological polar surface area (TPSA) is 0 Å². The van der Waals surface area contributed by atoms with Crippen molar-refractivity contribution in [3.05, 3.63) is 204 Å². The Balaban J connectivity index is 1.16. The summed E-state index contributed by atoms with van der Waals surface area (Å²) >= 11 is 1.94. The molecular weight excluding hydrogens is 621 g/mol. The molecule has 10 rings (SSSR count).